The van der Waals surface area contributed by atoms with Gasteiger partial charge in [-0.3, -0.25) is 4.90 Å². The molecule has 3 heteroatoms. The fraction of sp³-hybridized carbons (Fsp3) is 0.333. The van der Waals surface area contributed by atoms with Gasteiger partial charge in [0.1, 0.15) is 0 Å². The van der Waals surface area contributed by atoms with Crippen LogP contribution < -0.4 is 11.1 Å². The van der Waals surface area contributed by atoms with E-state index in [4.69, 9.17) is 5.73 Å². The number of nitrogens with two attached hydrogens (primary N) is 1. The molecule has 0 unspecified atom stereocenters. The molecule has 0 amide bonds. The fourth-order valence-corrected chi connectivity index (χ4v) is 2.34. The molecule has 2 rings (SSSR count). The Bertz CT molecular complexity index is 545. The third kappa shape index (κ3) is 4.80. The Morgan fingerprint density at radius 2 is 1.67 bits per heavy atom. The number of nitrogens with zero attached hydrogens (tertiary/aromatic N) is 1. The molecule has 112 valence electrons. The van der Waals surface area contributed by atoms with Crippen molar-refractivity contribution >= 4 is 11.4 Å². The molecular weight excluding hydrogens is 258 g/mol. The number of benzene rings is 2. The summed E-state index contributed by atoms with van der Waals surface area (Å²) >= 11 is 0. The van der Waals surface area contributed by atoms with E-state index in [9.17, 15) is 0 Å². The molecule has 0 aliphatic heterocycles. The molecule has 2 aromatic carbocycles. The summed E-state index contributed by atoms with van der Waals surface area (Å²) in [6.07, 6.45) is 0. The molecule has 0 aliphatic carbocycles. The number of hydrogen-bond donors (Lipinski definition) is 2. The van der Waals surface area contributed by atoms with Gasteiger partial charge in [0.25, 0.3) is 0 Å². The Kier molecular flexibility index (Phi) is 5.64. The summed E-state index contributed by atoms with van der Waals surface area (Å²) in [6.45, 7) is 8.39. The normalized spacial score (nSPS) is 10.8. The molecule has 0 fully saturated rings. The van der Waals surface area contributed by atoms with E-state index < -0.39 is 0 Å². The van der Waals surface area contributed by atoms with Crippen LogP contribution in [0.2, 0.25) is 0 Å². The average Bonchev–Trinajstić information content (AvgIpc) is 2.52. The summed E-state index contributed by atoms with van der Waals surface area (Å²) in [4.78, 5) is 2.41. The minimum Gasteiger partial charge on any atom is -0.399 e. The van der Waals surface area contributed by atoms with Crippen molar-refractivity contribution in [2.24, 2.45) is 0 Å². The Morgan fingerprint density at radius 1 is 0.952 bits per heavy atom. The summed E-state index contributed by atoms with van der Waals surface area (Å²) in [7, 11) is 0. The van der Waals surface area contributed by atoms with Crippen LogP contribution in [-0.2, 0) is 13.1 Å². The first kappa shape index (κ1) is 15.4. The van der Waals surface area contributed by atoms with Gasteiger partial charge in [-0.2, -0.15) is 0 Å². The first-order valence-electron chi connectivity index (χ1n) is 7.60. The molecule has 0 aromatic heterocycles. The lowest BCUT2D eigenvalue weighted by Gasteiger charge is -2.18. The largest absolute Gasteiger partial charge is 0.399 e. The summed E-state index contributed by atoms with van der Waals surface area (Å²) < 4.78 is 0. The van der Waals surface area contributed by atoms with Crippen molar-refractivity contribution in [3.63, 3.8) is 0 Å². The lowest BCUT2D eigenvalue weighted by atomic mass is 10.1. The van der Waals surface area contributed by atoms with Crippen molar-refractivity contribution < 1.29 is 0 Å². The lowest BCUT2D eigenvalue weighted by molar-refractivity contribution is 0.296. The van der Waals surface area contributed by atoms with Gasteiger partial charge < -0.3 is 11.1 Å². The minimum atomic E-state index is 0.792. The Morgan fingerprint density at radius 3 is 2.29 bits per heavy atom. The molecule has 21 heavy (non-hydrogen) atoms. The SMILES string of the molecule is CCN(CC)Cc1ccc(NCc2cccc(N)c2)cc1. The zero-order valence-electron chi connectivity index (χ0n) is 13.0. The van der Waals surface area contributed by atoms with Gasteiger partial charge in [-0.15, -0.1) is 0 Å². The van der Waals surface area contributed by atoms with Gasteiger partial charge in [-0.05, 0) is 48.5 Å². The summed E-state index contributed by atoms with van der Waals surface area (Å²) in [6, 6.07) is 16.7. The molecule has 2 aromatic rings. The molecule has 0 aliphatic rings. The van der Waals surface area contributed by atoms with E-state index >= 15 is 0 Å². The van der Waals surface area contributed by atoms with Crippen LogP contribution in [0.4, 0.5) is 11.4 Å². The smallest absolute Gasteiger partial charge is 0.0401 e. The highest BCUT2D eigenvalue weighted by Crippen LogP contribution is 2.14. The molecule has 0 radical (unpaired) electrons. The molecule has 0 heterocycles. The monoisotopic (exact) mass is 283 g/mol. The van der Waals surface area contributed by atoms with E-state index in [2.05, 4.69) is 54.4 Å². The van der Waals surface area contributed by atoms with Crippen molar-refractivity contribution in [2.45, 2.75) is 26.9 Å². The Labute approximate surface area is 127 Å². The maximum Gasteiger partial charge on any atom is 0.0401 e. The second-order valence-corrected chi connectivity index (χ2v) is 5.26. The van der Waals surface area contributed by atoms with Crippen molar-refractivity contribution in [1.82, 2.24) is 4.90 Å². The molecule has 0 saturated heterocycles. The van der Waals surface area contributed by atoms with Crippen molar-refractivity contribution in [3.05, 3.63) is 59.7 Å². The summed E-state index contributed by atoms with van der Waals surface area (Å²) in [5, 5.41) is 3.43. The molecule has 0 spiro atoms. The highest BCUT2D eigenvalue weighted by molar-refractivity contribution is 5.47. The van der Waals surface area contributed by atoms with Gasteiger partial charge in [0.15, 0.2) is 0 Å². The molecule has 3 N–H and O–H groups in total. The maximum atomic E-state index is 5.79. The van der Waals surface area contributed by atoms with E-state index in [1.54, 1.807) is 0 Å². The van der Waals surface area contributed by atoms with Crippen LogP contribution in [0.15, 0.2) is 48.5 Å². The summed E-state index contributed by atoms with van der Waals surface area (Å²) in [5.41, 5.74) is 10.3. The van der Waals surface area contributed by atoms with Gasteiger partial charge in [0.2, 0.25) is 0 Å². The van der Waals surface area contributed by atoms with E-state index in [0.29, 0.717) is 0 Å². The second-order valence-electron chi connectivity index (χ2n) is 5.26. The van der Waals surface area contributed by atoms with Gasteiger partial charge >= 0.3 is 0 Å². The fourth-order valence-electron chi connectivity index (χ4n) is 2.34. The van der Waals surface area contributed by atoms with E-state index in [1.807, 2.05) is 18.2 Å². The zero-order chi connectivity index (χ0) is 15.1. The van der Waals surface area contributed by atoms with Gasteiger partial charge in [-0.25, -0.2) is 0 Å². The number of anilines is 2. The van der Waals surface area contributed by atoms with Crippen LogP contribution in [0.25, 0.3) is 0 Å². The quantitative estimate of drug-likeness (QED) is 0.761. The molecular formula is C18H25N3. The first-order valence-corrected chi connectivity index (χ1v) is 7.60. The van der Waals surface area contributed by atoms with Crippen LogP contribution in [0.3, 0.4) is 0 Å². The predicted molar refractivity (Wildman–Crippen MR) is 91.2 cm³/mol. The van der Waals surface area contributed by atoms with Crippen LogP contribution in [-0.4, -0.2) is 18.0 Å². The number of rotatable bonds is 7. The van der Waals surface area contributed by atoms with Gasteiger partial charge in [-0.1, -0.05) is 38.1 Å². The minimum absolute atomic E-state index is 0.792. The topological polar surface area (TPSA) is 41.3 Å². The van der Waals surface area contributed by atoms with E-state index in [0.717, 1.165) is 37.6 Å². The van der Waals surface area contributed by atoms with Gasteiger partial charge in [0, 0.05) is 24.5 Å². The van der Waals surface area contributed by atoms with Crippen molar-refractivity contribution in [3.8, 4) is 0 Å². The standard InChI is InChI=1S/C18H25N3/c1-3-21(4-2)14-15-8-10-18(11-9-15)20-13-16-6-5-7-17(19)12-16/h5-12,20H,3-4,13-14,19H2,1-2H3. The number of nitrogen functional groups attached to an aromatic ring is 1. The average molecular weight is 283 g/mol. The highest BCUT2D eigenvalue weighted by atomic mass is 15.1. The number of hydrogen-bond acceptors (Lipinski definition) is 3. The molecule has 0 atom stereocenters. The molecule has 0 saturated carbocycles. The highest BCUT2D eigenvalue weighted by Gasteiger charge is 2.01. The van der Waals surface area contributed by atoms with E-state index in [1.165, 1.54) is 11.1 Å². The zero-order valence-corrected chi connectivity index (χ0v) is 13.0. The Balaban J connectivity index is 1.90. The first-order chi connectivity index (χ1) is 10.2. The van der Waals surface area contributed by atoms with Crippen LogP contribution in [0.1, 0.15) is 25.0 Å². The number of nitrogens with one attached hydrogen (secondary N) is 1. The van der Waals surface area contributed by atoms with Crippen molar-refractivity contribution in [2.75, 3.05) is 24.1 Å². The third-order valence-electron chi connectivity index (χ3n) is 3.70. The summed E-state index contributed by atoms with van der Waals surface area (Å²) in [5.74, 6) is 0. The molecule has 3 nitrogen and oxygen atoms in total. The van der Waals surface area contributed by atoms with Gasteiger partial charge in [0.05, 0.1) is 0 Å². The van der Waals surface area contributed by atoms with E-state index in [-0.39, 0.29) is 0 Å². The molecule has 0 bridgehead atoms. The van der Waals surface area contributed by atoms with Crippen LogP contribution >= 0.6 is 0 Å². The van der Waals surface area contributed by atoms with Crippen LogP contribution in [0, 0.1) is 0 Å². The maximum absolute atomic E-state index is 5.79. The predicted octanol–water partition coefficient (Wildman–Crippen LogP) is 3.72. The van der Waals surface area contributed by atoms with Crippen LogP contribution in [0.5, 0.6) is 0 Å². The Hall–Kier alpha value is -2.00. The lowest BCUT2D eigenvalue weighted by Crippen LogP contribution is -2.21. The second kappa shape index (κ2) is 7.70. The van der Waals surface area contributed by atoms with Crippen molar-refractivity contribution in [1.29, 1.82) is 0 Å². The third-order valence-corrected chi connectivity index (χ3v) is 3.70.